The number of carbonyl (C=O) groups excluding carboxylic acids is 1. The topological polar surface area (TPSA) is 55.1 Å². The molecule has 104 valence electrons. The number of thioether (sulfide) groups is 1. The number of nitrogens with two attached hydrogens (primary N) is 1. The summed E-state index contributed by atoms with van der Waals surface area (Å²) in [6.45, 7) is 0. The van der Waals surface area contributed by atoms with Crippen molar-refractivity contribution in [2.24, 2.45) is 0 Å². The highest BCUT2D eigenvalue weighted by Gasteiger charge is 2.07. The van der Waals surface area contributed by atoms with Crippen molar-refractivity contribution in [3.8, 4) is 0 Å². The molecule has 0 saturated carbocycles. The molecule has 0 aliphatic carbocycles. The number of hydrogen-bond acceptors (Lipinski definition) is 3. The van der Waals surface area contributed by atoms with Crippen LogP contribution in [-0.2, 0) is 4.79 Å². The first-order chi connectivity index (χ1) is 9.54. The number of nitrogen functional groups attached to an aromatic ring is 1. The standard InChI is InChI=1S/C14H12Br2N2OS/c15-9-4-5-13(12(16)6-9)18-14(19)8-20-11-3-1-2-10(17)7-11/h1-7H,8,17H2,(H,18,19). The highest BCUT2D eigenvalue weighted by molar-refractivity contribution is 9.11. The van der Waals surface area contributed by atoms with Crippen LogP contribution in [0.4, 0.5) is 11.4 Å². The number of hydrogen-bond donors (Lipinski definition) is 2. The maximum absolute atomic E-state index is 11.9. The molecule has 3 nitrogen and oxygen atoms in total. The van der Waals surface area contributed by atoms with Crippen molar-refractivity contribution in [2.45, 2.75) is 4.90 Å². The average molecular weight is 416 g/mol. The third-order valence-electron chi connectivity index (χ3n) is 2.43. The van der Waals surface area contributed by atoms with Crippen molar-refractivity contribution in [2.75, 3.05) is 16.8 Å². The van der Waals surface area contributed by atoms with Crippen LogP contribution in [0.5, 0.6) is 0 Å². The highest BCUT2D eigenvalue weighted by Crippen LogP contribution is 2.27. The summed E-state index contributed by atoms with van der Waals surface area (Å²) < 4.78 is 1.80. The molecule has 0 fully saturated rings. The lowest BCUT2D eigenvalue weighted by atomic mass is 10.3. The summed E-state index contributed by atoms with van der Waals surface area (Å²) >= 11 is 8.24. The largest absolute Gasteiger partial charge is 0.399 e. The van der Waals surface area contributed by atoms with E-state index in [9.17, 15) is 4.79 Å². The molecule has 0 heterocycles. The van der Waals surface area contributed by atoms with E-state index < -0.39 is 0 Å². The van der Waals surface area contributed by atoms with Gasteiger partial charge in [0.05, 0.1) is 11.4 Å². The van der Waals surface area contributed by atoms with Gasteiger partial charge in [-0.05, 0) is 52.3 Å². The summed E-state index contributed by atoms with van der Waals surface area (Å²) in [7, 11) is 0. The molecule has 2 aromatic carbocycles. The number of benzene rings is 2. The van der Waals surface area contributed by atoms with Crippen LogP contribution in [0.3, 0.4) is 0 Å². The van der Waals surface area contributed by atoms with Gasteiger partial charge in [-0.1, -0.05) is 22.0 Å². The minimum Gasteiger partial charge on any atom is -0.399 e. The van der Waals surface area contributed by atoms with Gasteiger partial charge in [0, 0.05) is 19.5 Å². The van der Waals surface area contributed by atoms with Crippen LogP contribution in [0.25, 0.3) is 0 Å². The highest BCUT2D eigenvalue weighted by atomic mass is 79.9. The first kappa shape index (κ1) is 15.4. The van der Waals surface area contributed by atoms with Crippen LogP contribution in [0, 0.1) is 0 Å². The van der Waals surface area contributed by atoms with Crippen LogP contribution in [0.2, 0.25) is 0 Å². The quantitative estimate of drug-likeness (QED) is 0.569. The Morgan fingerprint density at radius 2 is 2.00 bits per heavy atom. The Kier molecular flexibility index (Phi) is 5.51. The molecule has 0 spiro atoms. The summed E-state index contributed by atoms with van der Waals surface area (Å²) in [4.78, 5) is 12.9. The molecular weight excluding hydrogens is 404 g/mol. The number of anilines is 2. The van der Waals surface area contributed by atoms with Gasteiger partial charge in [-0.25, -0.2) is 0 Å². The van der Waals surface area contributed by atoms with Crippen molar-refractivity contribution < 1.29 is 4.79 Å². The summed E-state index contributed by atoms with van der Waals surface area (Å²) in [6, 6.07) is 13.1. The van der Waals surface area contributed by atoms with Crippen molar-refractivity contribution in [3.05, 3.63) is 51.4 Å². The molecule has 0 saturated heterocycles. The molecule has 0 aromatic heterocycles. The first-order valence-corrected chi connectivity index (χ1v) is 8.35. The number of rotatable bonds is 4. The predicted octanol–water partition coefficient (Wildman–Crippen LogP) is 4.52. The Labute approximate surface area is 138 Å². The van der Waals surface area contributed by atoms with Gasteiger partial charge in [-0.15, -0.1) is 11.8 Å². The molecule has 6 heteroatoms. The molecular formula is C14H12Br2N2OS. The van der Waals surface area contributed by atoms with E-state index in [-0.39, 0.29) is 5.91 Å². The van der Waals surface area contributed by atoms with E-state index >= 15 is 0 Å². The zero-order valence-corrected chi connectivity index (χ0v) is 14.4. The third kappa shape index (κ3) is 4.54. The van der Waals surface area contributed by atoms with E-state index in [1.807, 2.05) is 42.5 Å². The molecule has 0 aliphatic rings. The lowest BCUT2D eigenvalue weighted by molar-refractivity contribution is -0.113. The average Bonchev–Trinajstić information content (AvgIpc) is 2.40. The summed E-state index contributed by atoms with van der Waals surface area (Å²) in [5.74, 6) is 0.284. The summed E-state index contributed by atoms with van der Waals surface area (Å²) in [5, 5.41) is 2.86. The second-order valence-corrected chi connectivity index (χ2v) is 6.85. The smallest absolute Gasteiger partial charge is 0.234 e. The summed E-state index contributed by atoms with van der Waals surface area (Å²) in [5.41, 5.74) is 7.15. The van der Waals surface area contributed by atoms with Crippen LogP contribution in [-0.4, -0.2) is 11.7 Å². The first-order valence-electron chi connectivity index (χ1n) is 5.78. The fourth-order valence-corrected chi connectivity index (χ4v) is 3.44. The van der Waals surface area contributed by atoms with Crippen LogP contribution in [0.15, 0.2) is 56.3 Å². The van der Waals surface area contributed by atoms with Crippen molar-refractivity contribution in [1.29, 1.82) is 0 Å². The molecule has 2 rings (SSSR count). The number of carbonyl (C=O) groups is 1. The second kappa shape index (κ2) is 7.15. The Balaban J connectivity index is 1.92. The van der Waals surface area contributed by atoms with Crippen molar-refractivity contribution in [3.63, 3.8) is 0 Å². The fraction of sp³-hybridized carbons (Fsp3) is 0.0714. The van der Waals surface area contributed by atoms with E-state index in [2.05, 4.69) is 37.2 Å². The Bertz CT molecular complexity index is 634. The Morgan fingerprint density at radius 3 is 2.70 bits per heavy atom. The number of halogens is 2. The third-order valence-corrected chi connectivity index (χ3v) is 4.58. The normalized spacial score (nSPS) is 10.3. The molecule has 0 bridgehead atoms. The monoisotopic (exact) mass is 414 g/mol. The van der Waals surface area contributed by atoms with Gasteiger partial charge in [-0.3, -0.25) is 4.79 Å². The molecule has 0 unspecified atom stereocenters. The predicted molar refractivity (Wildman–Crippen MR) is 92.1 cm³/mol. The minimum absolute atomic E-state index is 0.0551. The van der Waals surface area contributed by atoms with Gasteiger partial charge in [0.2, 0.25) is 5.91 Å². The van der Waals surface area contributed by atoms with Crippen molar-refractivity contribution in [1.82, 2.24) is 0 Å². The summed E-state index contributed by atoms with van der Waals surface area (Å²) in [6.07, 6.45) is 0. The van der Waals surface area contributed by atoms with E-state index in [0.717, 1.165) is 19.5 Å². The Hall–Kier alpha value is -0.980. The van der Waals surface area contributed by atoms with Gasteiger partial charge in [0.15, 0.2) is 0 Å². The van der Waals surface area contributed by atoms with E-state index in [1.165, 1.54) is 11.8 Å². The van der Waals surface area contributed by atoms with Gasteiger partial charge in [0.1, 0.15) is 0 Å². The van der Waals surface area contributed by atoms with Gasteiger partial charge in [0.25, 0.3) is 0 Å². The second-order valence-electron chi connectivity index (χ2n) is 4.03. The number of amides is 1. The fourth-order valence-electron chi connectivity index (χ4n) is 1.53. The zero-order chi connectivity index (χ0) is 14.5. The zero-order valence-electron chi connectivity index (χ0n) is 10.4. The molecule has 0 aliphatic heterocycles. The van der Waals surface area contributed by atoms with Crippen molar-refractivity contribution >= 4 is 60.9 Å². The molecule has 20 heavy (non-hydrogen) atoms. The van der Waals surface area contributed by atoms with E-state index in [0.29, 0.717) is 11.4 Å². The number of nitrogens with one attached hydrogen (secondary N) is 1. The van der Waals surface area contributed by atoms with Gasteiger partial charge >= 0.3 is 0 Å². The maximum atomic E-state index is 11.9. The molecule has 2 aromatic rings. The maximum Gasteiger partial charge on any atom is 0.234 e. The SMILES string of the molecule is Nc1cccc(SCC(=O)Nc2ccc(Br)cc2Br)c1. The lowest BCUT2D eigenvalue weighted by Crippen LogP contribution is -2.14. The Morgan fingerprint density at radius 1 is 1.20 bits per heavy atom. The van der Waals surface area contributed by atoms with E-state index in [4.69, 9.17) is 5.73 Å². The minimum atomic E-state index is -0.0551. The van der Waals surface area contributed by atoms with Crippen LogP contribution < -0.4 is 11.1 Å². The van der Waals surface area contributed by atoms with Crippen LogP contribution >= 0.6 is 43.6 Å². The lowest BCUT2D eigenvalue weighted by Gasteiger charge is -2.08. The molecule has 0 atom stereocenters. The van der Waals surface area contributed by atoms with E-state index in [1.54, 1.807) is 0 Å². The van der Waals surface area contributed by atoms with Crippen LogP contribution in [0.1, 0.15) is 0 Å². The molecule has 3 N–H and O–H groups in total. The van der Waals surface area contributed by atoms with Gasteiger partial charge < -0.3 is 11.1 Å². The van der Waals surface area contributed by atoms with Gasteiger partial charge in [-0.2, -0.15) is 0 Å². The molecule has 1 amide bonds. The molecule has 0 radical (unpaired) electrons.